The summed E-state index contributed by atoms with van der Waals surface area (Å²) < 4.78 is 27.6. The number of halogens is 1. The minimum atomic E-state index is -3.54. The largest absolute Gasteiger partial charge is 0.326 e. The Morgan fingerprint density at radius 3 is 2.76 bits per heavy atom. The smallest absolute Gasteiger partial charge is 0.241 e. The topological polar surface area (TPSA) is 85.1 Å². The second-order valence-corrected chi connectivity index (χ2v) is 8.03. The molecule has 0 aliphatic carbocycles. The number of hydrogen-bond acceptors (Lipinski definition) is 5. The Balaban J connectivity index is 2.04. The summed E-state index contributed by atoms with van der Waals surface area (Å²) in [4.78, 5) is 4.52. The minimum Gasteiger partial charge on any atom is -0.326 e. The third-order valence-corrected chi connectivity index (χ3v) is 6.28. The fraction of sp³-hybridized carbons (Fsp3) is 0.308. The van der Waals surface area contributed by atoms with Crippen molar-refractivity contribution in [1.29, 1.82) is 0 Å². The lowest BCUT2D eigenvalue weighted by Crippen LogP contribution is -2.26. The normalized spacial score (nSPS) is 11.8. The first-order valence-corrected chi connectivity index (χ1v) is 9.47. The van der Waals surface area contributed by atoms with E-state index in [1.807, 2.05) is 12.3 Å². The van der Waals surface area contributed by atoms with Gasteiger partial charge in [-0.15, -0.1) is 11.3 Å². The van der Waals surface area contributed by atoms with Crippen LogP contribution in [-0.2, 0) is 23.0 Å². The van der Waals surface area contributed by atoms with E-state index in [1.165, 1.54) is 11.3 Å². The molecular weight excluding hydrogens is 374 g/mol. The van der Waals surface area contributed by atoms with Crippen LogP contribution in [0.1, 0.15) is 16.3 Å². The Labute approximate surface area is 136 Å². The van der Waals surface area contributed by atoms with Crippen molar-refractivity contribution >= 4 is 37.3 Å². The maximum Gasteiger partial charge on any atom is 0.241 e. The molecule has 5 nitrogen and oxygen atoms in total. The number of nitrogens with two attached hydrogens (primary N) is 1. The van der Waals surface area contributed by atoms with Crippen LogP contribution < -0.4 is 10.5 Å². The van der Waals surface area contributed by atoms with Crippen molar-refractivity contribution in [2.24, 2.45) is 5.73 Å². The van der Waals surface area contributed by atoms with Crippen molar-refractivity contribution in [3.63, 3.8) is 0 Å². The Morgan fingerprint density at radius 1 is 1.43 bits per heavy atom. The van der Waals surface area contributed by atoms with E-state index in [-0.39, 0.29) is 4.90 Å². The lowest BCUT2D eigenvalue weighted by atomic mass is 10.2. The van der Waals surface area contributed by atoms with Crippen molar-refractivity contribution in [1.82, 2.24) is 9.71 Å². The van der Waals surface area contributed by atoms with Crippen LogP contribution in [-0.4, -0.2) is 19.9 Å². The zero-order valence-electron chi connectivity index (χ0n) is 11.5. The van der Waals surface area contributed by atoms with E-state index in [1.54, 1.807) is 18.2 Å². The molecule has 0 unspecified atom stereocenters. The highest BCUT2D eigenvalue weighted by molar-refractivity contribution is 9.10. The van der Waals surface area contributed by atoms with E-state index in [0.29, 0.717) is 24.0 Å². The molecule has 0 saturated heterocycles. The lowest BCUT2D eigenvalue weighted by molar-refractivity contribution is 0.581. The van der Waals surface area contributed by atoms with E-state index < -0.39 is 10.0 Å². The molecule has 2 aromatic rings. The Hall–Kier alpha value is -0.800. The van der Waals surface area contributed by atoms with Crippen LogP contribution in [0, 0.1) is 6.92 Å². The van der Waals surface area contributed by atoms with Gasteiger partial charge in [-0.05, 0) is 40.5 Å². The van der Waals surface area contributed by atoms with Crippen molar-refractivity contribution < 1.29 is 8.42 Å². The molecule has 1 aromatic heterocycles. The standard InChI is InChI=1S/C13H16BrN3O2S2/c1-9-8-20-13(17-9)4-5-16-21(18,19)12-3-2-10(7-15)6-11(12)14/h2-3,6,8,16H,4-5,7,15H2,1H3. The van der Waals surface area contributed by atoms with Gasteiger partial charge in [0.05, 0.1) is 9.90 Å². The summed E-state index contributed by atoms with van der Waals surface area (Å²) in [7, 11) is -3.54. The zero-order chi connectivity index (χ0) is 15.5. The van der Waals surface area contributed by atoms with Crippen LogP contribution in [0.3, 0.4) is 0 Å². The molecule has 0 spiro atoms. The van der Waals surface area contributed by atoms with E-state index in [2.05, 4.69) is 25.6 Å². The summed E-state index contributed by atoms with van der Waals surface area (Å²) in [6.07, 6.45) is 0.580. The summed E-state index contributed by atoms with van der Waals surface area (Å²) in [6, 6.07) is 4.99. The molecule has 1 aromatic carbocycles. The Bertz CT molecular complexity index is 729. The first-order valence-electron chi connectivity index (χ1n) is 6.31. The molecule has 114 valence electrons. The summed E-state index contributed by atoms with van der Waals surface area (Å²) in [5.74, 6) is 0. The van der Waals surface area contributed by atoms with Gasteiger partial charge in [-0.1, -0.05) is 6.07 Å². The van der Waals surface area contributed by atoms with Crippen molar-refractivity contribution in [2.45, 2.75) is 24.8 Å². The summed E-state index contributed by atoms with van der Waals surface area (Å²) in [6.45, 7) is 2.61. The second kappa shape index (κ2) is 6.97. The van der Waals surface area contributed by atoms with Gasteiger partial charge in [0.1, 0.15) is 0 Å². The number of nitrogens with one attached hydrogen (secondary N) is 1. The SMILES string of the molecule is Cc1csc(CCNS(=O)(=O)c2ccc(CN)cc2Br)n1. The number of thiazole rings is 1. The zero-order valence-corrected chi connectivity index (χ0v) is 14.7. The van der Waals surface area contributed by atoms with E-state index in [4.69, 9.17) is 5.73 Å². The van der Waals surface area contributed by atoms with Gasteiger partial charge in [0, 0.05) is 35.1 Å². The third-order valence-electron chi connectivity index (χ3n) is 2.82. The Morgan fingerprint density at radius 2 is 2.19 bits per heavy atom. The van der Waals surface area contributed by atoms with Gasteiger partial charge in [0.2, 0.25) is 10.0 Å². The molecule has 8 heteroatoms. The highest BCUT2D eigenvalue weighted by Crippen LogP contribution is 2.23. The van der Waals surface area contributed by atoms with Crippen molar-refractivity contribution in [3.8, 4) is 0 Å². The van der Waals surface area contributed by atoms with E-state index >= 15 is 0 Å². The number of rotatable bonds is 6. The van der Waals surface area contributed by atoms with Gasteiger partial charge >= 0.3 is 0 Å². The van der Waals surface area contributed by atoms with Crippen LogP contribution in [0.4, 0.5) is 0 Å². The highest BCUT2D eigenvalue weighted by atomic mass is 79.9. The number of benzene rings is 1. The van der Waals surface area contributed by atoms with Crippen LogP contribution in [0.25, 0.3) is 0 Å². The molecule has 21 heavy (non-hydrogen) atoms. The number of aryl methyl sites for hydroxylation is 1. The van der Waals surface area contributed by atoms with Gasteiger partial charge in [-0.25, -0.2) is 18.1 Å². The molecule has 0 bridgehead atoms. The average Bonchev–Trinajstić information content (AvgIpc) is 2.83. The molecule has 0 radical (unpaired) electrons. The van der Waals surface area contributed by atoms with Gasteiger partial charge in [0.15, 0.2) is 0 Å². The predicted octanol–water partition coefficient (Wildman–Crippen LogP) is 2.19. The molecule has 0 aliphatic rings. The quantitative estimate of drug-likeness (QED) is 0.792. The summed E-state index contributed by atoms with van der Waals surface area (Å²) in [5.41, 5.74) is 7.36. The molecule has 0 aliphatic heterocycles. The van der Waals surface area contributed by atoms with Gasteiger partial charge in [-0.2, -0.15) is 0 Å². The second-order valence-electron chi connectivity index (χ2n) is 4.50. The van der Waals surface area contributed by atoms with Crippen LogP contribution in [0.5, 0.6) is 0 Å². The van der Waals surface area contributed by atoms with Gasteiger partial charge in [-0.3, -0.25) is 0 Å². The molecule has 3 N–H and O–H groups in total. The fourth-order valence-electron chi connectivity index (χ4n) is 1.78. The fourth-order valence-corrected chi connectivity index (χ4v) is 4.71. The van der Waals surface area contributed by atoms with Crippen LogP contribution in [0.15, 0.2) is 32.9 Å². The minimum absolute atomic E-state index is 0.218. The average molecular weight is 390 g/mol. The lowest BCUT2D eigenvalue weighted by Gasteiger charge is -2.09. The van der Waals surface area contributed by atoms with Crippen LogP contribution in [0.2, 0.25) is 0 Å². The monoisotopic (exact) mass is 389 g/mol. The van der Waals surface area contributed by atoms with Crippen molar-refractivity contribution in [3.05, 3.63) is 44.3 Å². The highest BCUT2D eigenvalue weighted by Gasteiger charge is 2.17. The van der Waals surface area contributed by atoms with Gasteiger partial charge in [0.25, 0.3) is 0 Å². The first-order chi connectivity index (χ1) is 9.92. The number of aromatic nitrogens is 1. The molecule has 1 heterocycles. The predicted molar refractivity (Wildman–Crippen MR) is 87.8 cm³/mol. The molecule has 0 fully saturated rings. The molecule has 0 atom stereocenters. The maximum absolute atomic E-state index is 12.3. The molecular formula is C13H16BrN3O2S2. The van der Waals surface area contributed by atoms with Gasteiger partial charge < -0.3 is 5.73 Å². The Kier molecular flexibility index (Phi) is 5.50. The van der Waals surface area contributed by atoms with E-state index in [9.17, 15) is 8.42 Å². The summed E-state index contributed by atoms with van der Waals surface area (Å²) in [5, 5.41) is 2.87. The van der Waals surface area contributed by atoms with Crippen LogP contribution >= 0.6 is 27.3 Å². The number of hydrogen-bond donors (Lipinski definition) is 2. The molecule has 0 amide bonds. The molecule has 2 rings (SSSR count). The van der Waals surface area contributed by atoms with E-state index in [0.717, 1.165) is 16.3 Å². The summed E-state index contributed by atoms with van der Waals surface area (Å²) >= 11 is 4.81. The maximum atomic E-state index is 12.3. The number of nitrogens with zero attached hydrogens (tertiary/aromatic N) is 1. The third kappa shape index (κ3) is 4.33. The van der Waals surface area contributed by atoms with Crippen molar-refractivity contribution in [2.75, 3.05) is 6.54 Å². The number of sulfonamides is 1. The molecule has 0 saturated carbocycles. The first kappa shape index (κ1) is 16.6.